The maximum absolute atomic E-state index is 12.9. The van der Waals surface area contributed by atoms with Crippen molar-refractivity contribution in [3.63, 3.8) is 0 Å². The molecule has 0 N–H and O–H groups in total. The number of methoxy groups -OCH3 is 1. The Balaban J connectivity index is 2.32. The van der Waals surface area contributed by atoms with Crippen molar-refractivity contribution >= 4 is 17.7 Å². The Kier molecular flexibility index (Phi) is 6.02. The number of nitrogens with zero attached hydrogens (tertiary/aromatic N) is 2. The molecule has 0 bridgehead atoms. The fraction of sp³-hybridized carbons (Fsp3) is 0.421. The molecule has 0 aliphatic rings. The topological polar surface area (TPSA) is 81.8 Å². The molecule has 0 unspecified atom stereocenters. The average Bonchev–Trinajstić information content (AvgIpc) is 3.20. The Morgan fingerprint density at radius 2 is 1.96 bits per heavy atom. The number of hydrogen-bond acceptors (Lipinski definition) is 5. The number of carbonyl (C=O) groups is 3. The zero-order chi connectivity index (χ0) is 19.4. The van der Waals surface area contributed by atoms with Gasteiger partial charge in [-0.05, 0) is 31.5 Å². The highest BCUT2D eigenvalue weighted by atomic mass is 16.5. The van der Waals surface area contributed by atoms with Crippen molar-refractivity contribution in [2.75, 3.05) is 13.7 Å². The molecule has 26 heavy (non-hydrogen) atoms. The van der Waals surface area contributed by atoms with Crippen LogP contribution in [-0.2, 0) is 23.1 Å². The lowest BCUT2D eigenvalue weighted by atomic mass is 10.0. The van der Waals surface area contributed by atoms with Gasteiger partial charge in [0.25, 0.3) is 0 Å². The molecule has 2 aromatic rings. The summed E-state index contributed by atoms with van der Waals surface area (Å²) in [5.41, 5.74) is 2.01. The number of carbonyl (C=O) groups excluding carboxylic acids is 3. The van der Waals surface area contributed by atoms with E-state index in [0.29, 0.717) is 28.3 Å². The fourth-order valence-corrected chi connectivity index (χ4v) is 3.07. The van der Waals surface area contributed by atoms with Gasteiger partial charge in [-0.3, -0.25) is 9.59 Å². The predicted molar refractivity (Wildman–Crippen MR) is 95.0 cm³/mol. The average molecular weight is 360 g/mol. The van der Waals surface area contributed by atoms with E-state index in [4.69, 9.17) is 9.15 Å². The molecule has 0 aliphatic carbocycles. The number of amides is 1. The molecule has 0 aliphatic heterocycles. The molecule has 7 nitrogen and oxygen atoms in total. The second-order valence-corrected chi connectivity index (χ2v) is 6.09. The maximum atomic E-state index is 12.9. The summed E-state index contributed by atoms with van der Waals surface area (Å²) in [4.78, 5) is 38.6. The highest BCUT2D eigenvalue weighted by molar-refractivity contribution is 6.04. The standard InChI is InChI=1S/C19H24N2O5/c1-6-16(23)21(10-14-8-7-9-26-14)11-15(22)17-12(2)18(19(24)25-5)20(4)13(17)3/h7-9H,6,10-11H2,1-5H3. The summed E-state index contributed by atoms with van der Waals surface area (Å²) in [5, 5.41) is 0. The first kappa shape index (κ1) is 19.5. The molecule has 7 heteroatoms. The molecule has 140 valence electrons. The molecule has 0 radical (unpaired) electrons. The minimum Gasteiger partial charge on any atom is -0.467 e. The van der Waals surface area contributed by atoms with Gasteiger partial charge in [0.05, 0.1) is 26.5 Å². The smallest absolute Gasteiger partial charge is 0.354 e. The van der Waals surface area contributed by atoms with Crippen LogP contribution in [0.15, 0.2) is 22.8 Å². The summed E-state index contributed by atoms with van der Waals surface area (Å²) < 4.78 is 11.7. The number of hydrogen-bond donors (Lipinski definition) is 0. The molecule has 0 saturated carbocycles. The number of esters is 1. The van der Waals surface area contributed by atoms with Gasteiger partial charge in [0, 0.05) is 24.7 Å². The normalized spacial score (nSPS) is 10.7. The monoisotopic (exact) mass is 360 g/mol. The number of furan rings is 1. The van der Waals surface area contributed by atoms with Crippen molar-refractivity contribution in [2.45, 2.75) is 33.7 Å². The van der Waals surface area contributed by atoms with Crippen LogP contribution in [0.3, 0.4) is 0 Å². The number of ether oxygens (including phenoxy) is 1. The molecule has 0 aromatic carbocycles. The Morgan fingerprint density at radius 1 is 1.27 bits per heavy atom. The van der Waals surface area contributed by atoms with Crippen LogP contribution in [0.25, 0.3) is 0 Å². The van der Waals surface area contributed by atoms with Crippen molar-refractivity contribution in [3.8, 4) is 0 Å². The number of aromatic nitrogens is 1. The van der Waals surface area contributed by atoms with E-state index < -0.39 is 5.97 Å². The van der Waals surface area contributed by atoms with Gasteiger partial charge < -0.3 is 18.6 Å². The highest BCUT2D eigenvalue weighted by Gasteiger charge is 2.27. The lowest BCUT2D eigenvalue weighted by molar-refractivity contribution is -0.131. The van der Waals surface area contributed by atoms with Gasteiger partial charge in [-0.15, -0.1) is 0 Å². The maximum Gasteiger partial charge on any atom is 0.354 e. The molecule has 1 amide bonds. The summed E-state index contributed by atoms with van der Waals surface area (Å²) >= 11 is 0. The second-order valence-electron chi connectivity index (χ2n) is 6.09. The number of Topliss-reactive ketones (excluding diaryl/α,β-unsaturated/α-hetero) is 1. The molecule has 0 atom stereocenters. The molecule has 0 saturated heterocycles. The van der Waals surface area contributed by atoms with Crippen molar-refractivity contribution < 1.29 is 23.5 Å². The highest BCUT2D eigenvalue weighted by Crippen LogP contribution is 2.23. The minimum atomic E-state index is -0.496. The van der Waals surface area contributed by atoms with E-state index in [2.05, 4.69) is 0 Å². The van der Waals surface area contributed by atoms with Crippen LogP contribution in [0.1, 0.15) is 51.2 Å². The summed E-state index contributed by atoms with van der Waals surface area (Å²) in [7, 11) is 3.01. The zero-order valence-electron chi connectivity index (χ0n) is 15.8. The third-order valence-corrected chi connectivity index (χ3v) is 4.50. The fourth-order valence-electron chi connectivity index (χ4n) is 3.07. The summed E-state index contributed by atoms with van der Waals surface area (Å²) in [6.07, 6.45) is 1.81. The molecule has 2 aromatic heterocycles. The van der Waals surface area contributed by atoms with E-state index >= 15 is 0 Å². The molecule has 2 rings (SSSR count). The SMILES string of the molecule is CCC(=O)N(CC(=O)c1c(C)c(C(=O)OC)n(C)c1C)Cc1ccco1. The van der Waals surface area contributed by atoms with Crippen LogP contribution in [0.2, 0.25) is 0 Å². The van der Waals surface area contributed by atoms with Crippen molar-refractivity contribution in [2.24, 2.45) is 7.05 Å². The molecule has 0 spiro atoms. The molecular formula is C19H24N2O5. The van der Waals surface area contributed by atoms with Crippen molar-refractivity contribution in [1.82, 2.24) is 9.47 Å². The van der Waals surface area contributed by atoms with Gasteiger partial charge in [-0.2, -0.15) is 0 Å². The molecule has 0 fully saturated rings. The Labute approximate surface area is 152 Å². The molecule has 2 heterocycles. The third kappa shape index (κ3) is 3.71. The molecular weight excluding hydrogens is 336 g/mol. The predicted octanol–water partition coefficient (Wildman–Crippen LogP) is 2.64. The van der Waals surface area contributed by atoms with Gasteiger partial charge in [-0.25, -0.2) is 4.79 Å². The summed E-state index contributed by atoms with van der Waals surface area (Å²) in [6, 6.07) is 3.49. The van der Waals surface area contributed by atoms with Crippen LogP contribution in [0, 0.1) is 13.8 Å². The van der Waals surface area contributed by atoms with Crippen LogP contribution in [0.5, 0.6) is 0 Å². The van der Waals surface area contributed by atoms with E-state index in [0.717, 1.165) is 0 Å². The van der Waals surface area contributed by atoms with Crippen LogP contribution >= 0.6 is 0 Å². The quantitative estimate of drug-likeness (QED) is 0.560. The van der Waals surface area contributed by atoms with E-state index in [-0.39, 0.29) is 31.2 Å². The first-order valence-electron chi connectivity index (χ1n) is 8.39. The van der Waals surface area contributed by atoms with Gasteiger partial charge in [0.15, 0.2) is 5.78 Å². The van der Waals surface area contributed by atoms with Gasteiger partial charge in [0.2, 0.25) is 5.91 Å². The second kappa shape index (κ2) is 8.03. The van der Waals surface area contributed by atoms with E-state index in [1.165, 1.54) is 18.3 Å². The van der Waals surface area contributed by atoms with Crippen LogP contribution in [-0.4, -0.2) is 40.8 Å². The largest absolute Gasteiger partial charge is 0.467 e. The Morgan fingerprint density at radius 3 is 2.50 bits per heavy atom. The van der Waals surface area contributed by atoms with Crippen LogP contribution in [0.4, 0.5) is 0 Å². The lowest BCUT2D eigenvalue weighted by Crippen LogP contribution is -2.35. The lowest BCUT2D eigenvalue weighted by Gasteiger charge is -2.20. The van der Waals surface area contributed by atoms with Gasteiger partial charge in [-0.1, -0.05) is 6.92 Å². The minimum absolute atomic E-state index is 0.0837. The first-order chi connectivity index (χ1) is 12.3. The number of rotatable bonds is 7. The zero-order valence-corrected chi connectivity index (χ0v) is 15.8. The van der Waals surface area contributed by atoms with E-state index in [1.54, 1.807) is 44.5 Å². The first-order valence-corrected chi connectivity index (χ1v) is 8.39. The van der Waals surface area contributed by atoms with E-state index in [9.17, 15) is 14.4 Å². The van der Waals surface area contributed by atoms with Crippen LogP contribution < -0.4 is 0 Å². The third-order valence-electron chi connectivity index (χ3n) is 4.50. The Hall–Kier alpha value is -2.83. The summed E-state index contributed by atoms with van der Waals surface area (Å²) in [5.74, 6) is -0.256. The number of ketones is 1. The Bertz CT molecular complexity index is 818. The van der Waals surface area contributed by atoms with Crippen molar-refractivity contribution in [1.29, 1.82) is 0 Å². The van der Waals surface area contributed by atoms with Crippen molar-refractivity contribution in [3.05, 3.63) is 46.7 Å². The van der Waals surface area contributed by atoms with Gasteiger partial charge >= 0.3 is 5.97 Å². The summed E-state index contributed by atoms with van der Waals surface area (Å²) in [6.45, 7) is 5.37. The van der Waals surface area contributed by atoms with E-state index in [1.807, 2.05) is 0 Å². The van der Waals surface area contributed by atoms with Gasteiger partial charge in [0.1, 0.15) is 11.5 Å².